The number of hydrogen-bond donors (Lipinski definition) is 0. The number of unbranched alkanes of at least 4 members (excludes halogenated alkanes) is 3. The molecule has 0 rings (SSSR count). The molecule has 0 amide bonds. The van der Waals surface area contributed by atoms with Crippen LogP contribution >= 0.6 is 0 Å². The smallest absolute Gasteiger partial charge is 0.138 e. The summed E-state index contributed by atoms with van der Waals surface area (Å²) in [6.45, 7) is 12.4. The van der Waals surface area contributed by atoms with Gasteiger partial charge in [-0.2, -0.15) is 0 Å². The Bertz CT molecular complexity index is 302. The number of carbonyl (C=O) groups excluding carboxylic acids is 2. The first-order valence-electron chi connectivity index (χ1n) is 8.07. The fraction of sp³-hybridized carbons (Fsp3) is 0.889. The third kappa shape index (κ3) is 11.2. The molecule has 0 aromatic carbocycles. The number of ketones is 2. The molecule has 0 aliphatic rings. The van der Waals surface area contributed by atoms with Crippen LogP contribution < -0.4 is 0 Å². The second-order valence-corrected chi connectivity index (χ2v) is 8.19. The van der Waals surface area contributed by atoms with E-state index in [0.717, 1.165) is 32.1 Å². The molecule has 2 heteroatoms. The van der Waals surface area contributed by atoms with Crippen LogP contribution in [0.1, 0.15) is 92.9 Å². The van der Waals surface area contributed by atoms with Gasteiger partial charge >= 0.3 is 0 Å². The van der Waals surface area contributed by atoms with Crippen molar-refractivity contribution < 1.29 is 9.59 Å². The van der Waals surface area contributed by atoms with E-state index >= 15 is 0 Å². The van der Waals surface area contributed by atoms with Crippen molar-refractivity contribution in [3.63, 3.8) is 0 Å². The van der Waals surface area contributed by atoms with Crippen LogP contribution in [-0.4, -0.2) is 11.6 Å². The quantitative estimate of drug-likeness (QED) is 0.535. The van der Waals surface area contributed by atoms with E-state index < -0.39 is 0 Å². The van der Waals surface area contributed by atoms with Gasteiger partial charge in [-0.05, 0) is 24.7 Å². The number of carbonyl (C=O) groups is 2. The predicted molar refractivity (Wildman–Crippen MR) is 85.9 cm³/mol. The summed E-state index contributed by atoms with van der Waals surface area (Å²) in [6, 6.07) is 0. The van der Waals surface area contributed by atoms with E-state index in [9.17, 15) is 9.59 Å². The summed E-state index contributed by atoms with van der Waals surface area (Å²) in [4.78, 5) is 23.4. The Morgan fingerprint density at radius 3 is 1.65 bits per heavy atom. The molecule has 0 aromatic rings. The lowest BCUT2D eigenvalue weighted by molar-refractivity contribution is -0.126. The van der Waals surface area contributed by atoms with E-state index in [-0.39, 0.29) is 10.8 Å². The normalized spacial score (nSPS) is 12.5. The van der Waals surface area contributed by atoms with Gasteiger partial charge in [0.2, 0.25) is 0 Å². The maximum absolute atomic E-state index is 11.7. The molecule has 0 unspecified atom stereocenters. The highest BCUT2D eigenvalue weighted by molar-refractivity contribution is 5.83. The molecule has 0 saturated carbocycles. The van der Waals surface area contributed by atoms with Crippen LogP contribution in [0.25, 0.3) is 0 Å². The molecule has 0 N–H and O–H groups in total. The molecule has 0 aliphatic heterocycles. The molecule has 0 aliphatic carbocycles. The second kappa shape index (κ2) is 8.59. The number of hydrogen-bond acceptors (Lipinski definition) is 2. The van der Waals surface area contributed by atoms with Gasteiger partial charge in [-0.25, -0.2) is 0 Å². The van der Waals surface area contributed by atoms with Crippen LogP contribution in [0.5, 0.6) is 0 Å². The molecule has 0 radical (unpaired) electrons. The van der Waals surface area contributed by atoms with Crippen molar-refractivity contribution in [2.24, 2.45) is 10.8 Å². The molecular formula is C18H34O2. The highest BCUT2D eigenvalue weighted by Crippen LogP contribution is 2.22. The first kappa shape index (κ1) is 19.3. The molecule has 0 saturated heterocycles. The van der Waals surface area contributed by atoms with E-state index in [4.69, 9.17) is 0 Å². The molecule has 0 bridgehead atoms. The van der Waals surface area contributed by atoms with Gasteiger partial charge in [0.1, 0.15) is 11.6 Å². The van der Waals surface area contributed by atoms with E-state index in [2.05, 4.69) is 20.8 Å². The molecule has 0 fully saturated rings. The zero-order chi connectivity index (χ0) is 15.8. The van der Waals surface area contributed by atoms with E-state index in [1.807, 2.05) is 20.8 Å². The molecule has 0 atom stereocenters. The minimum absolute atomic E-state index is 0.205. The van der Waals surface area contributed by atoms with Gasteiger partial charge in [0.25, 0.3) is 0 Å². The summed E-state index contributed by atoms with van der Waals surface area (Å²) in [5, 5.41) is 0. The van der Waals surface area contributed by atoms with Gasteiger partial charge in [0, 0.05) is 24.7 Å². The summed E-state index contributed by atoms with van der Waals surface area (Å²) in [6.07, 6.45) is 7.16. The van der Waals surface area contributed by atoms with Crippen LogP contribution in [0.2, 0.25) is 0 Å². The largest absolute Gasteiger partial charge is 0.300 e. The fourth-order valence-corrected chi connectivity index (χ4v) is 1.98. The highest BCUT2D eigenvalue weighted by atomic mass is 16.1. The Morgan fingerprint density at radius 2 is 1.20 bits per heavy atom. The molecule has 0 aromatic heterocycles. The Balaban J connectivity index is 3.54. The summed E-state index contributed by atoms with van der Waals surface area (Å²) in [5.41, 5.74) is 0.0475. The standard InChI is InChI=1S/C18H34O2/c1-17(2,3)14-13-15(19)11-9-7-8-10-12-16(20)18(4,5)6/h7-14H2,1-6H3. The van der Waals surface area contributed by atoms with Crippen molar-refractivity contribution in [2.45, 2.75) is 92.9 Å². The average Bonchev–Trinajstić information content (AvgIpc) is 2.28. The first-order chi connectivity index (χ1) is 9.02. The minimum Gasteiger partial charge on any atom is -0.300 e. The lowest BCUT2D eigenvalue weighted by Gasteiger charge is -2.17. The second-order valence-electron chi connectivity index (χ2n) is 8.19. The average molecular weight is 282 g/mol. The molecule has 0 spiro atoms. The highest BCUT2D eigenvalue weighted by Gasteiger charge is 2.19. The van der Waals surface area contributed by atoms with Gasteiger partial charge in [0.15, 0.2) is 0 Å². The maximum Gasteiger partial charge on any atom is 0.138 e. The SMILES string of the molecule is CC(C)(C)CCC(=O)CCCCCCC(=O)C(C)(C)C. The van der Waals surface area contributed by atoms with E-state index in [1.54, 1.807) is 0 Å². The van der Waals surface area contributed by atoms with Crippen LogP contribution in [0.15, 0.2) is 0 Å². The van der Waals surface area contributed by atoms with Gasteiger partial charge in [-0.15, -0.1) is 0 Å². The summed E-state index contributed by atoms with van der Waals surface area (Å²) >= 11 is 0. The van der Waals surface area contributed by atoms with Crippen LogP contribution in [0, 0.1) is 10.8 Å². The van der Waals surface area contributed by atoms with Crippen molar-refractivity contribution in [3.8, 4) is 0 Å². The summed E-state index contributed by atoms with van der Waals surface area (Å²) in [7, 11) is 0. The first-order valence-corrected chi connectivity index (χ1v) is 8.07. The van der Waals surface area contributed by atoms with Crippen molar-refractivity contribution in [1.29, 1.82) is 0 Å². The predicted octanol–water partition coefficient (Wildman–Crippen LogP) is 5.34. The number of Topliss-reactive ketones (excluding diaryl/α,β-unsaturated/α-hetero) is 2. The van der Waals surface area contributed by atoms with Crippen molar-refractivity contribution >= 4 is 11.6 Å². The Morgan fingerprint density at radius 1 is 0.700 bits per heavy atom. The third-order valence-corrected chi connectivity index (χ3v) is 3.60. The summed E-state index contributed by atoms with van der Waals surface area (Å²) < 4.78 is 0. The van der Waals surface area contributed by atoms with Gasteiger partial charge in [0.05, 0.1) is 0 Å². The molecule has 118 valence electrons. The maximum atomic E-state index is 11.7. The van der Waals surface area contributed by atoms with Crippen LogP contribution in [-0.2, 0) is 9.59 Å². The lowest BCUT2D eigenvalue weighted by atomic mass is 9.87. The topological polar surface area (TPSA) is 34.1 Å². The fourth-order valence-electron chi connectivity index (χ4n) is 1.98. The molecule has 0 heterocycles. The van der Waals surface area contributed by atoms with Crippen molar-refractivity contribution in [2.75, 3.05) is 0 Å². The van der Waals surface area contributed by atoms with Crippen molar-refractivity contribution in [1.82, 2.24) is 0 Å². The van der Waals surface area contributed by atoms with Gasteiger partial charge < -0.3 is 0 Å². The summed E-state index contributed by atoms with van der Waals surface area (Å²) in [5.74, 6) is 0.740. The lowest BCUT2D eigenvalue weighted by Crippen LogP contribution is -2.19. The van der Waals surface area contributed by atoms with Gasteiger partial charge in [-0.3, -0.25) is 9.59 Å². The minimum atomic E-state index is -0.205. The molecular weight excluding hydrogens is 248 g/mol. The van der Waals surface area contributed by atoms with E-state index in [1.165, 1.54) is 0 Å². The third-order valence-electron chi connectivity index (χ3n) is 3.60. The van der Waals surface area contributed by atoms with Crippen LogP contribution in [0.4, 0.5) is 0 Å². The van der Waals surface area contributed by atoms with Gasteiger partial charge in [-0.1, -0.05) is 54.4 Å². The van der Waals surface area contributed by atoms with Crippen molar-refractivity contribution in [3.05, 3.63) is 0 Å². The Kier molecular flexibility index (Phi) is 8.30. The van der Waals surface area contributed by atoms with E-state index in [0.29, 0.717) is 30.8 Å². The zero-order valence-electron chi connectivity index (χ0n) is 14.5. The Labute approximate surface area is 125 Å². The molecule has 2 nitrogen and oxygen atoms in total. The Hall–Kier alpha value is -0.660. The number of rotatable bonds is 9. The van der Waals surface area contributed by atoms with Crippen LogP contribution in [0.3, 0.4) is 0 Å². The zero-order valence-corrected chi connectivity index (χ0v) is 14.5. The molecule has 20 heavy (non-hydrogen) atoms. The monoisotopic (exact) mass is 282 g/mol.